The minimum Gasteiger partial charge on any atom is -0.490 e. The summed E-state index contributed by atoms with van der Waals surface area (Å²) >= 11 is 0. The number of rotatable bonds is 11. The van der Waals surface area contributed by atoms with Gasteiger partial charge in [-0.15, -0.1) is 24.0 Å². The van der Waals surface area contributed by atoms with Crippen LogP contribution >= 0.6 is 24.0 Å². The normalized spacial score (nSPS) is 13.5. The minimum absolute atomic E-state index is 0. The summed E-state index contributed by atoms with van der Waals surface area (Å²) in [4.78, 5) is 15.8. The minimum atomic E-state index is -2.94. The van der Waals surface area contributed by atoms with Gasteiger partial charge in [-0.05, 0) is 32.3 Å². The zero-order valence-electron chi connectivity index (χ0n) is 16.7. The number of hydrogen-bond acceptors (Lipinski definition) is 4. The van der Waals surface area contributed by atoms with Crippen molar-refractivity contribution in [2.45, 2.75) is 51.8 Å². The molecule has 0 radical (unpaired) electrons. The Hall–Kier alpha value is -1.85. The molecule has 1 fully saturated rings. The largest absolute Gasteiger partial charge is 0.490 e. The van der Waals surface area contributed by atoms with Crippen LogP contribution in [0.5, 0.6) is 11.5 Å². The Morgan fingerprint density at radius 3 is 2.69 bits per heavy atom. The van der Waals surface area contributed by atoms with E-state index in [9.17, 15) is 13.6 Å². The number of nitrogens with one attached hydrogen (secondary N) is 3. The van der Waals surface area contributed by atoms with Crippen molar-refractivity contribution >= 4 is 35.8 Å². The fourth-order valence-corrected chi connectivity index (χ4v) is 2.58. The molecule has 1 saturated carbocycles. The van der Waals surface area contributed by atoms with Gasteiger partial charge >= 0.3 is 6.61 Å². The molecule has 1 aliphatic rings. The molecule has 0 unspecified atom stereocenters. The number of para-hydroxylation sites is 1. The van der Waals surface area contributed by atoms with Crippen LogP contribution in [-0.4, -0.2) is 44.7 Å². The Kier molecular flexibility index (Phi) is 11.6. The van der Waals surface area contributed by atoms with Gasteiger partial charge in [0.1, 0.15) is 0 Å². The molecule has 0 saturated heterocycles. The lowest BCUT2D eigenvalue weighted by Gasteiger charge is -2.17. The van der Waals surface area contributed by atoms with E-state index in [-0.39, 0.29) is 47.9 Å². The summed E-state index contributed by atoms with van der Waals surface area (Å²) in [6.07, 6.45) is 3.26. The van der Waals surface area contributed by atoms with Crippen molar-refractivity contribution < 1.29 is 23.0 Å². The Balaban J connectivity index is 0.00000420. The molecular weight excluding hydrogens is 497 g/mol. The molecule has 0 spiro atoms. The van der Waals surface area contributed by atoms with E-state index in [2.05, 4.69) is 25.7 Å². The Morgan fingerprint density at radius 2 is 2.07 bits per heavy atom. The lowest BCUT2D eigenvalue weighted by molar-refractivity contribution is -0.121. The van der Waals surface area contributed by atoms with Crippen LogP contribution in [0.15, 0.2) is 23.2 Å². The van der Waals surface area contributed by atoms with E-state index in [0.29, 0.717) is 43.6 Å². The van der Waals surface area contributed by atoms with Gasteiger partial charge in [-0.3, -0.25) is 9.79 Å². The highest BCUT2D eigenvalue weighted by molar-refractivity contribution is 14.0. The fraction of sp³-hybridized carbons (Fsp3) is 0.579. The van der Waals surface area contributed by atoms with Crippen LogP contribution < -0.4 is 25.4 Å². The quantitative estimate of drug-likeness (QED) is 0.179. The van der Waals surface area contributed by atoms with Crippen molar-refractivity contribution in [1.82, 2.24) is 16.0 Å². The predicted molar refractivity (Wildman–Crippen MR) is 118 cm³/mol. The van der Waals surface area contributed by atoms with Gasteiger partial charge in [0.15, 0.2) is 17.5 Å². The number of carbonyl (C=O) groups excluding carboxylic acids is 1. The standard InChI is InChI=1S/C19H28F2N4O3.HI/c1-3-27-15-7-4-6-13(17(15)28-18(20)21)12-24-19(22-2)23-11-5-8-16(26)25-14-9-10-14;/h4,6-7,14,18H,3,5,8-12H2,1-2H3,(H,25,26)(H2,22,23,24);1H. The first-order valence-corrected chi connectivity index (χ1v) is 9.46. The van der Waals surface area contributed by atoms with Crippen molar-refractivity contribution in [2.24, 2.45) is 4.99 Å². The highest BCUT2D eigenvalue weighted by Gasteiger charge is 2.22. The summed E-state index contributed by atoms with van der Waals surface area (Å²) in [6, 6.07) is 5.36. The molecule has 1 aliphatic carbocycles. The summed E-state index contributed by atoms with van der Waals surface area (Å²) in [6.45, 7) is -0.0384. The first kappa shape index (κ1) is 25.2. The smallest absolute Gasteiger partial charge is 0.387 e. The molecule has 164 valence electrons. The zero-order chi connectivity index (χ0) is 20.4. The van der Waals surface area contributed by atoms with Crippen molar-refractivity contribution in [2.75, 3.05) is 20.2 Å². The third-order valence-electron chi connectivity index (χ3n) is 4.05. The van der Waals surface area contributed by atoms with Gasteiger partial charge in [0.05, 0.1) is 6.61 Å². The molecule has 0 bridgehead atoms. The van der Waals surface area contributed by atoms with Crippen molar-refractivity contribution in [3.05, 3.63) is 23.8 Å². The van der Waals surface area contributed by atoms with E-state index in [4.69, 9.17) is 4.74 Å². The number of benzene rings is 1. The molecule has 0 atom stereocenters. The van der Waals surface area contributed by atoms with Crippen LogP contribution in [0.4, 0.5) is 8.78 Å². The van der Waals surface area contributed by atoms with Crippen molar-refractivity contribution in [3.8, 4) is 11.5 Å². The monoisotopic (exact) mass is 526 g/mol. The van der Waals surface area contributed by atoms with Crippen LogP contribution in [0.1, 0.15) is 38.2 Å². The number of alkyl halides is 2. The third-order valence-corrected chi connectivity index (χ3v) is 4.05. The van der Waals surface area contributed by atoms with Gasteiger partial charge in [0.2, 0.25) is 5.91 Å². The van der Waals surface area contributed by atoms with Gasteiger partial charge in [-0.25, -0.2) is 0 Å². The number of halogens is 3. The van der Waals surface area contributed by atoms with Gasteiger partial charge in [-0.2, -0.15) is 8.78 Å². The summed E-state index contributed by atoms with van der Waals surface area (Å²) in [5.41, 5.74) is 0.526. The number of aliphatic imine (C=N–C) groups is 1. The first-order chi connectivity index (χ1) is 13.5. The highest BCUT2D eigenvalue weighted by Crippen LogP contribution is 2.32. The van der Waals surface area contributed by atoms with E-state index in [1.165, 1.54) is 0 Å². The summed E-state index contributed by atoms with van der Waals surface area (Å²) in [5.74, 6) is 0.854. The first-order valence-electron chi connectivity index (χ1n) is 9.46. The fourth-order valence-electron chi connectivity index (χ4n) is 2.58. The maximum Gasteiger partial charge on any atom is 0.387 e. The third kappa shape index (κ3) is 9.46. The number of guanidine groups is 1. The second kappa shape index (κ2) is 13.4. The lowest BCUT2D eigenvalue weighted by Crippen LogP contribution is -2.37. The maximum absolute atomic E-state index is 12.8. The Bertz CT molecular complexity index is 673. The lowest BCUT2D eigenvalue weighted by atomic mass is 10.2. The van der Waals surface area contributed by atoms with Gasteiger partial charge < -0.3 is 25.4 Å². The van der Waals surface area contributed by atoms with E-state index in [0.717, 1.165) is 12.8 Å². The van der Waals surface area contributed by atoms with Crippen LogP contribution in [-0.2, 0) is 11.3 Å². The van der Waals surface area contributed by atoms with Crippen LogP contribution in [0, 0.1) is 0 Å². The van der Waals surface area contributed by atoms with E-state index in [1.807, 2.05) is 0 Å². The molecule has 10 heteroatoms. The highest BCUT2D eigenvalue weighted by atomic mass is 127. The summed E-state index contributed by atoms with van der Waals surface area (Å²) in [5, 5.41) is 9.10. The molecule has 3 N–H and O–H groups in total. The molecule has 1 aromatic rings. The number of amides is 1. The summed E-state index contributed by atoms with van der Waals surface area (Å²) < 4.78 is 35.6. The number of carbonyl (C=O) groups is 1. The zero-order valence-corrected chi connectivity index (χ0v) is 19.0. The Labute approximate surface area is 187 Å². The molecule has 0 aliphatic heterocycles. The van der Waals surface area contributed by atoms with Crippen LogP contribution in [0.25, 0.3) is 0 Å². The average Bonchev–Trinajstić information content (AvgIpc) is 3.47. The van der Waals surface area contributed by atoms with Gasteiger partial charge in [-0.1, -0.05) is 12.1 Å². The molecule has 0 heterocycles. The molecule has 1 aromatic carbocycles. The predicted octanol–water partition coefficient (Wildman–Crippen LogP) is 3.03. The molecule has 0 aromatic heterocycles. The van der Waals surface area contributed by atoms with Crippen molar-refractivity contribution in [1.29, 1.82) is 0 Å². The maximum atomic E-state index is 12.8. The SMILES string of the molecule is CCOc1cccc(CNC(=NC)NCCCC(=O)NC2CC2)c1OC(F)F.I. The number of nitrogens with zero attached hydrogens (tertiary/aromatic N) is 1. The second-order valence-corrected chi connectivity index (χ2v) is 6.35. The average molecular weight is 526 g/mol. The number of hydrogen-bond donors (Lipinski definition) is 3. The van der Waals surface area contributed by atoms with Gasteiger partial charge in [0.25, 0.3) is 0 Å². The molecule has 29 heavy (non-hydrogen) atoms. The van der Waals surface area contributed by atoms with E-state index in [1.54, 1.807) is 32.2 Å². The number of ether oxygens (including phenoxy) is 2. The molecule has 7 nitrogen and oxygen atoms in total. The molecule has 1 amide bonds. The molecular formula is C19H29F2IN4O3. The van der Waals surface area contributed by atoms with E-state index >= 15 is 0 Å². The molecule has 2 rings (SSSR count). The van der Waals surface area contributed by atoms with Crippen molar-refractivity contribution in [3.63, 3.8) is 0 Å². The van der Waals surface area contributed by atoms with Gasteiger partial charge in [0, 0.05) is 38.2 Å². The van der Waals surface area contributed by atoms with E-state index < -0.39 is 6.61 Å². The second-order valence-electron chi connectivity index (χ2n) is 6.35. The van der Waals surface area contributed by atoms with Crippen LogP contribution in [0.3, 0.4) is 0 Å². The Morgan fingerprint density at radius 1 is 1.31 bits per heavy atom. The summed E-state index contributed by atoms with van der Waals surface area (Å²) in [7, 11) is 1.61. The van der Waals surface area contributed by atoms with Crippen LogP contribution in [0.2, 0.25) is 0 Å². The topological polar surface area (TPSA) is 84.0 Å².